The molecule has 0 aliphatic rings. The summed E-state index contributed by atoms with van der Waals surface area (Å²) in [6.45, 7) is 5.98. The minimum absolute atomic E-state index is 0.158. The highest BCUT2D eigenvalue weighted by Gasteiger charge is 2.18. The van der Waals surface area contributed by atoms with Gasteiger partial charge in [-0.3, -0.25) is 19.2 Å². The van der Waals surface area contributed by atoms with E-state index in [0.29, 0.717) is 16.7 Å². The maximum atomic E-state index is 12.8. The lowest BCUT2D eigenvalue weighted by Crippen LogP contribution is -2.37. The maximum Gasteiger partial charge on any atom is 0.329 e. The van der Waals surface area contributed by atoms with Crippen molar-refractivity contribution in [2.24, 2.45) is 19.1 Å². The monoisotopic (exact) mass is 408 g/mol. The molecular weight excluding hydrogens is 384 g/mol. The van der Waals surface area contributed by atoms with Crippen molar-refractivity contribution in [2.45, 2.75) is 20.8 Å². The Labute approximate surface area is 173 Å². The minimum atomic E-state index is -0.506. The second kappa shape index (κ2) is 7.98. The molecule has 3 aromatic rings. The molecule has 0 saturated heterocycles. The molecule has 0 unspecified atom stereocenters. The third-order valence-electron chi connectivity index (χ3n) is 5.08. The molecule has 0 radical (unpaired) electrons. The highest BCUT2D eigenvalue weighted by molar-refractivity contribution is 5.66. The van der Waals surface area contributed by atoms with E-state index in [2.05, 4.69) is 0 Å². The van der Waals surface area contributed by atoms with Crippen LogP contribution in [0, 0.1) is 30.9 Å². The van der Waals surface area contributed by atoms with Crippen LogP contribution in [0.2, 0.25) is 0 Å². The summed E-state index contributed by atoms with van der Waals surface area (Å²) in [7, 11) is 4.66. The summed E-state index contributed by atoms with van der Waals surface area (Å²) in [4.78, 5) is 28.5. The van der Waals surface area contributed by atoms with E-state index in [0.717, 1.165) is 22.4 Å². The Morgan fingerprint density at radius 1 is 1.00 bits per heavy atom. The molecule has 3 rings (SSSR count). The zero-order valence-corrected chi connectivity index (χ0v) is 17.9. The summed E-state index contributed by atoms with van der Waals surface area (Å²) in [5.74, 6) is 0.158. The van der Waals surface area contributed by atoms with Crippen LogP contribution in [0.3, 0.4) is 0 Å². The Bertz CT molecular complexity index is 1260. The van der Waals surface area contributed by atoms with Crippen molar-refractivity contribution >= 4 is 11.4 Å². The van der Waals surface area contributed by atoms with Gasteiger partial charge in [-0.1, -0.05) is 17.7 Å². The number of nitro groups is 1. The molecule has 156 valence electrons. The molecule has 0 aliphatic heterocycles. The van der Waals surface area contributed by atoms with Crippen molar-refractivity contribution in [2.75, 3.05) is 7.11 Å². The van der Waals surface area contributed by atoms with Crippen LogP contribution in [-0.4, -0.2) is 21.2 Å². The Morgan fingerprint density at radius 2 is 1.63 bits per heavy atom. The molecule has 0 saturated carbocycles. The number of hydrogen-bond donors (Lipinski definition) is 0. The van der Waals surface area contributed by atoms with Gasteiger partial charge >= 0.3 is 11.4 Å². The Morgan fingerprint density at radius 3 is 2.20 bits per heavy atom. The summed E-state index contributed by atoms with van der Waals surface area (Å²) in [5, 5.41) is 11.4. The van der Waals surface area contributed by atoms with Crippen LogP contribution in [0.15, 0.2) is 46.2 Å². The third kappa shape index (κ3) is 3.76. The molecule has 1 heterocycles. The lowest BCUT2D eigenvalue weighted by atomic mass is 10.1. The van der Waals surface area contributed by atoms with Gasteiger partial charge in [0.15, 0.2) is 5.75 Å². The SMILES string of the molecule is COc1ccc(-c2cc(=Nc3c(C)cc(C)cc3C)n(C)c(=O)n2C)cc1[N+](=O)[O-]. The highest BCUT2D eigenvalue weighted by atomic mass is 16.6. The van der Waals surface area contributed by atoms with Crippen LogP contribution in [0.25, 0.3) is 11.3 Å². The van der Waals surface area contributed by atoms with E-state index in [1.807, 2.05) is 32.9 Å². The molecule has 30 heavy (non-hydrogen) atoms. The number of nitrogens with zero attached hydrogens (tertiary/aromatic N) is 4. The fourth-order valence-electron chi connectivity index (χ4n) is 3.58. The van der Waals surface area contributed by atoms with Gasteiger partial charge < -0.3 is 4.74 Å². The second-order valence-corrected chi connectivity index (χ2v) is 7.29. The van der Waals surface area contributed by atoms with Crippen LogP contribution >= 0.6 is 0 Å². The van der Waals surface area contributed by atoms with Crippen LogP contribution in [-0.2, 0) is 14.1 Å². The number of benzene rings is 2. The zero-order chi connectivity index (χ0) is 22.2. The number of rotatable bonds is 4. The van der Waals surface area contributed by atoms with Crippen molar-refractivity contribution in [1.29, 1.82) is 0 Å². The number of ether oxygens (including phenoxy) is 1. The Balaban J connectivity index is 2.31. The standard InChI is InChI=1S/C22H24N4O4/c1-13-9-14(2)21(15(3)10-13)23-20-12-17(24(4)22(27)25(20)5)16-7-8-19(30-6)18(11-16)26(28)29/h7-12H,1-6H3. The van der Waals surface area contributed by atoms with Crippen LogP contribution in [0.4, 0.5) is 11.4 Å². The average Bonchev–Trinajstić information content (AvgIpc) is 2.69. The van der Waals surface area contributed by atoms with Gasteiger partial charge in [0.05, 0.1) is 23.4 Å². The number of hydrogen-bond acceptors (Lipinski definition) is 5. The van der Waals surface area contributed by atoms with Gasteiger partial charge in [0.2, 0.25) is 0 Å². The van der Waals surface area contributed by atoms with Gasteiger partial charge in [-0.2, -0.15) is 0 Å². The van der Waals surface area contributed by atoms with Crippen molar-refractivity contribution in [3.8, 4) is 17.0 Å². The molecule has 0 atom stereocenters. The normalized spacial score (nSPS) is 11.6. The van der Waals surface area contributed by atoms with Gasteiger partial charge in [-0.25, -0.2) is 9.79 Å². The highest BCUT2D eigenvalue weighted by Crippen LogP contribution is 2.31. The lowest BCUT2D eigenvalue weighted by molar-refractivity contribution is -0.385. The van der Waals surface area contributed by atoms with Gasteiger partial charge in [-0.05, 0) is 44.0 Å². The quantitative estimate of drug-likeness (QED) is 0.488. The summed E-state index contributed by atoms with van der Waals surface area (Å²) < 4.78 is 7.98. The van der Waals surface area contributed by atoms with Crippen LogP contribution < -0.4 is 15.9 Å². The van der Waals surface area contributed by atoms with Crippen molar-refractivity contribution in [3.05, 3.63) is 79.2 Å². The van der Waals surface area contributed by atoms with Crippen molar-refractivity contribution < 1.29 is 9.66 Å². The zero-order valence-electron chi connectivity index (χ0n) is 17.9. The van der Waals surface area contributed by atoms with Gasteiger partial charge in [-0.15, -0.1) is 0 Å². The Kier molecular flexibility index (Phi) is 5.60. The maximum absolute atomic E-state index is 12.8. The lowest BCUT2D eigenvalue weighted by Gasteiger charge is -2.13. The fraction of sp³-hybridized carbons (Fsp3) is 0.273. The van der Waals surface area contributed by atoms with Gasteiger partial charge in [0.25, 0.3) is 0 Å². The molecule has 0 bridgehead atoms. The van der Waals surface area contributed by atoms with E-state index >= 15 is 0 Å². The van der Waals surface area contributed by atoms with E-state index in [1.54, 1.807) is 26.2 Å². The number of methoxy groups -OCH3 is 1. The van der Waals surface area contributed by atoms with E-state index < -0.39 is 4.92 Å². The molecule has 0 aliphatic carbocycles. The van der Waals surface area contributed by atoms with Gasteiger partial charge in [0, 0.05) is 31.8 Å². The first kappa shape index (κ1) is 21.0. The number of nitro benzene ring substituents is 1. The van der Waals surface area contributed by atoms with Crippen LogP contribution in [0.5, 0.6) is 5.75 Å². The van der Waals surface area contributed by atoms with E-state index in [9.17, 15) is 14.9 Å². The van der Waals surface area contributed by atoms with E-state index in [-0.39, 0.29) is 17.1 Å². The predicted molar refractivity (Wildman–Crippen MR) is 115 cm³/mol. The average molecular weight is 408 g/mol. The minimum Gasteiger partial charge on any atom is -0.490 e. The summed E-state index contributed by atoms with van der Waals surface area (Å²) in [6.07, 6.45) is 0. The second-order valence-electron chi connectivity index (χ2n) is 7.29. The molecule has 0 amide bonds. The number of aromatic nitrogens is 2. The van der Waals surface area contributed by atoms with Gasteiger partial charge in [0.1, 0.15) is 5.49 Å². The fourth-order valence-corrected chi connectivity index (χ4v) is 3.58. The number of aryl methyl sites for hydroxylation is 3. The Hall–Kier alpha value is -3.68. The molecule has 0 N–H and O–H groups in total. The summed E-state index contributed by atoms with van der Waals surface area (Å²) in [6, 6.07) is 10.5. The molecule has 8 heteroatoms. The largest absolute Gasteiger partial charge is 0.490 e. The smallest absolute Gasteiger partial charge is 0.329 e. The van der Waals surface area contributed by atoms with E-state index in [1.165, 1.54) is 28.4 Å². The first-order valence-electron chi connectivity index (χ1n) is 9.36. The summed E-state index contributed by atoms with van der Waals surface area (Å²) >= 11 is 0. The first-order chi connectivity index (χ1) is 14.1. The molecule has 1 aromatic heterocycles. The van der Waals surface area contributed by atoms with Crippen molar-refractivity contribution in [3.63, 3.8) is 0 Å². The molecule has 0 fully saturated rings. The molecule has 2 aromatic carbocycles. The predicted octanol–water partition coefficient (Wildman–Crippen LogP) is 3.47. The van der Waals surface area contributed by atoms with Crippen LogP contribution in [0.1, 0.15) is 16.7 Å². The molecule has 0 spiro atoms. The first-order valence-corrected chi connectivity index (χ1v) is 9.36. The van der Waals surface area contributed by atoms with E-state index in [4.69, 9.17) is 9.73 Å². The third-order valence-corrected chi connectivity index (χ3v) is 5.08. The molecule has 8 nitrogen and oxygen atoms in total. The topological polar surface area (TPSA) is 91.7 Å². The summed E-state index contributed by atoms with van der Waals surface area (Å²) in [5.41, 5.74) is 5.01. The molecular formula is C22H24N4O4. The van der Waals surface area contributed by atoms with Crippen molar-refractivity contribution in [1.82, 2.24) is 9.13 Å².